The monoisotopic (exact) mass is 202 g/mol. The molecule has 0 spiro atoms. The van der Waals surface area contributed by atoms with E-state index in [2.05, 4.69) is 0 Å². The number of ether oxygens (including phenoxy) is 3. The maximum atomic E-state index is 11.5. The van der Waals surface area contributed by atoms with Crippen molar-refractivity contribution in [3.8, 4) is 0 Å². The summed E-state index contributed by atoms with van der Waals surface area (Å²) in [5.41, 5.74) is -1.07. The highest BCUT2D eigenvalue weighted by atomic mass is 16.8. The number of aliphatic hydroxyl groups is 1. The number of fused-ring (bicyclic) bond motifs is 1. The fraction of sp³-hybridized carbons (Fsp3) is 0.889. The number of carbonyl (C=O) groups excluding carboxylic acids is 1. The average molecular weight is 202 g/mol. The van der Waals surface area contributed by atoms with E-state index < -0.39 is 29.6 Å². The maximum absolute atomic E-state index is 11.5. The summed E-state index contributed by atoms with van der Waals surface area (Å²) < 4.78 is 16.0. The lowest BCUT2D eigenvalue weighted by molar-refractivity contribution is -0.198. The van der Waals surface area contributed by atoms with Crippen molar-refractivity contribution in [3.05, 3.63) is 0 Å². The Hall–Kier alpha value is -0.650. The van der Waals surface area contributed by atoms with E-state index in [1.54, 1.807) is 20.8 Å². The predicted molar refractivity (Wildman–Crippen MR) is 45.4 cm³/mol. The molecule has 2 aliphatic heterocycles. The topological polar surface area (TPSA) is 65.0 Å². The Balaban J connectivity index is 2.30. The Morgan fingerprint density at radius 1 is 1.43 bits per heavy atom. The molecule has 0 aliphatic carbocycles. The largest absolute Gasteiger partial charge is 0.455 e. The van der Waals surface area contributed by atoms with Crippen LogP contribution in [0.4, 0.5) is 0 Å². The van der Waals surface area contributed by atoms with Crippen LogP contribution in [0.3, 0.4) is 0 Å². The van der Waals surface area contributed by atoms with Gasteiger partial charge in [0.05, 0.1) is 6.61 Å². The number of rotatable bonds is 1. The molecule has 2 heterocycles. The molecule has 0 amide bonds. The molecule has 80 valence electrons. The second kappa shape index (κ2) is 2.68. The molecule has 5 nitrogen and oxygen atoms in total. The third-order valence-corrected chi connectivity index (χ3v) is 2.59. The van der Waals surface area contributed by atoms with Gasteiger partial charge in [0.15, 0.2) is 17.5 Å². The van der Waals surface area contributed by atoms with Gasteiger partial charge in [0.2, 0.25) is 0 Å². The van der Waals surface area contributed by atoms with Crippen molar-refractivity contribution < 1.29 is 24.1 Å². The molecule has 2 rings (SSSR count). The third-order valence-electron chi connectivity index (χ3n) is 2.59. The van der Waals surface area contributed by atoms with Gasteiger partial charge >= 0.3 is 5.97 Å². The zero-order valence-corrected chi connectivity index (χ0v) is 8.44. The molecule has 0 unspecified atom stereocenters. The van der Waals surface area contributed by atoms with Crippen molar-refractivity contribution in [1.82, 2.24) is 0 Å². The van der Waals surface area contributed by atoms with Crippen LogP contribution in [0.1, 0.15) is 20.8 Å². The molecule has 3 atom stereocenters. The van der Waals surface area contributed by atoms with Crippen LogP contribution in [0.2, 0.25) is 0 Å². The lowest BCUT2D eigenvalue weighted by Crippen LogP contribution is -2.41. The number of cyclic esters (lactones) is 1. The summed E-state index contributed by atoms with van der Waals surface area (Å²) in [6.07, 6.45) is -1.13. The quantitative estimate of drug-likeness (QED) is 0.597. The Labute approximate surface area is 81.9 Å². The second-order valence-electron chi connectivity index (χ2n) is 4.27. The highest BCUT2D eigenvalue weighted by molar-refractivity contribution is 5.83. The van der Waals surface area contributed by atoms with Gasteiger partial charge in [-0.15, -0.1) is 0 Å². The molecule has 2 saturated heterocycles. The van der Waals surface area contributed by atoms with Crippen molar-refractivity contribution in [2.75, 3.05) is 6.61 Å². The third kappa shape index (κ3) is 1.16. The minimum absolute atomic E-state index is 0.245. The van der Waals surface area contributed by atoms with E-state index in [0.29, 0.717) is 0 Å². The van der Waals surface area contributed by atoms with Gasteiger partial charge in [-0.1, -0.05) is 0 Å². The zero-order valence-electron chi connectivity index (χ0n) is 8.44. The van der Waals surface area contributed by atoms with E-state index in [4.69, 9.17) is 19.3 Å². The number of aliphatic hydroxyl groups excluding tert-OH is 1. The van der Waals surface area contributed by atoms with Gasteiger partial charge in [0.25, 0.3) is 0 Å². The van der Waals surface area contributed by atoms with Crippen molar-refractivity contribution in [1.29, 1.82) is 0 Å². The summed E-state index contributed by atoms with van der Waals surface area (Å²) in [5.74, 6) is -1.26. The molecule has 0 saturated carbocycles. The molecule has 1 N–H and O–H groups in total. The Kier molecular flexibility index (Phi) is 1.90. The predicted octanol–water partition coefficient (Wildman–Crippen LogP) is -0.186. The van der Waals surface area contributed by atoms with Crippen LogP contribution in [0.15, 0.2) is 0 Å². The summed E-state index contributed by atoms with van der Waals surface area (Å²) >= 11 is 0. The van der Waals surface area contributed by atoms with E-state index in [9.17, 15) is 4.79 Å². The van der Waals surface area contributed by atoms with E-state index >= 15 is 0 Å². The molecule has 2 aliphatic rings. The molecule has 0 radical (unpaired) electrons. The Bertz CT molecular complexity index is 274. The molecule has 0 bridgehead atoms. The normalized spacial score (nSPS) is 45.0. The van der Waals surface area contributed by atoms with Gasteiger partial charge in [-0.25, -0.2) is 4.79 Å². The van der Waals surface area contributed by atoms with Crippen LogP contribution in [0.5, 0.6) is 0 Å². The first-order valence-corrected chi connectivity index (χ1v) is 4.59. The Morgan fingerprint density at radius 3 is 2.64 bits per heavy atom. The van der Waals surface area contributed by atoms with Crippen LogP contribution in [0, 0.1) is 0 Å². The lowest BCUT2D eigenvalue weighted by atomic mass is 9.99. The molecule has 0 aromatic heterocycles. The summed E-state index contributed by atoms with van der Waals surface area (Å²) in [4.78, 5) is 11.5. The van der Waals surface area contributed by atoms with Crippen molar-refractivity contribution >= 4 is 5.97 Å². The van der Waals surface area contributed by atoms with Gasteiger partial charge in [0.1, 0.15) is 6.10 Å². The van der Waals surface area contributed by atoms with Crippen LogP contribution >= 0.6 is 0 Å². The smallest absolute Gasteiger partial charge is 0.341 e. The van der Waals surface area contributed by atoms with Gasteiger partial charge in [-0.3, -0.25) is 0 Å². The highest BCUT2D eigenvalue weighted by Crippen LogP contribution is 2.43. The number of hydrogen-bond acceptors (Lipinski definition) is 5. The summed E-state index contributed by atoms with van der Waals surface area (Å²) in [6, 6.07) is 0. The minimum atomic E-state index is -1.07. The average Bonchev–Trinajstić information content (AvgIpc) is 2.42. The summed E-state index contributed by atoms with van der Waals surface area (Å²) in [7, 11) is 0. The first-order chi connectivity index (χ1) is 6.39. The second-order valence-corrected chi connectivity index (χ2v) is 4.27. The number of carbonyl (C=O) groups is 1. The fourth-order valence-electron chi connectivity index (χ4n) is 2.05. The zero-order chi connectivity index (χ0) is 10.6. The van der Waals surface area contributed by atoms with E-state index in [1.807, 2.05) is 0 Å². The van der Waals surface area contributed by atoms with Gasteiger partial charge < -0.3 is 19.3 Å². The number of esters is 1. The summed E-state index contributed by atoms with van der Waals surface area (Å²) in [5, 5.41) is 9.00. The van der Waals surface area contributed by atoms with E-state index in [1.165, 1.54) is 0 Å². The molecule has 0 aromatic carbocycles. The molecule has 2 fully saturated rings. The lowest BCUT2D eigenvalue weighted by Gasteiger charge is -2.21. The molecule has 14 heavy (non-hydrogen) atoms. The highest BCUT2D eigenvalue weighted by Gasteiger charge is 2.64. The first-order valence-electron chi connectivity index (χ1n) is 4.59. The van der Waals surface area contributed by atoms with Crippen molar-refractivity contribution in [2.45, 2.75) is 44.4 Å². The number of hydrogen-bond donors (Lipinski definition) is 1. The van der Waals surface area contributed by atoms with Gasteiger partial charge in [0, 0.05) is 0 Å². The standard InChI is InChI=1S/C9H14O5/c1-8(2)13-6-5(4-10)12-7(11)9(6,3)14-8/h5-6,10H,4H2,1-3H3/t5-,6+,9+/m0/s1. The van der Waals surface area contributed by atoms with Crippen LogP contribution in [0.25, 0.3) is 0 Å². The molecule has 0 aromatic rings. The SMILES string of the molecule is CC1(C)O[C@@H]2[C@H](CO)OC(=O)[C@]2(C)O1. The van der Waals surface area contributed by atoms with Crippen molar-refractivity contribution in [3.63, 3.8) is 0 Å². The van der Waals surface area contributed by atoms with Crippen LogP contribution in [-0.4, -0.2) is 41.3 Å². The van der Waals surface area contributed by atoms with Gasteiger partial charge in [-0.05, 0) is 20.8 Å². The van der Waals surface area contributed by atoms with E-state index in [-0.39, 0.29) is 6.61 Å². The fourth-order valence-corrected chi connectivity index (χ4v) is 2.05. The summed E-state index contributed by atoms with van der Waals surface area (Å²) in [6.45, 7) is 4.85. The van der Waals surface area contributed by atoms with Crippen LogP contribution in [-0.2, 0) is 19.0 Å². The van der Waals surface area contributed by atoms with E-state index in [0.717, 1.165) is 0 Å². The molecular formula is C9H14O5. The molecule has 5 heteroatoms. The van der Waals surface area contributed by atoms with Gasteiger partial charge in [-0.2, -0.15) is 0 Å². The first kappa shape index (κ1) is 9.89. The minimum Gasteiger partial charge on any atom is -0.455 e. The van der Waals surface area contributed by atoms with Crippen LogP contribution < -0.4 is 0 Å². The Morgan fingerprint density at radius 2 is 2.07 bits per heavy atom. The van der Waals surface area contributed by atoms with Crippen molar-refractivity contribution in [2.24, 2.45) is 0 Å². The molecular weight excluding hydrogens is 188 g/mol. The maximum Gasteiger partial charge on any atom is 0.341 e.